The highest BCUT2D eigenvalue weighted by Crippen LogP contribution is 2.34. The van der Waals surface area contributed by atoms with E-state index in [1.54, 1.807) is 30.3 Å². The fraction of sp³-hybridized carbons (Fsp3) is 0.192. The molecule has 0 spiro atoms. The minimum absolute atomic E-state index is 0.0974. The second kappa shape index (κ2) is 11.7. The standard InChI is InChI=1S/C26H21Br2FN4O4/c1-2-3-8-24-31-22-10-9-18(27)12-20(22)26(34)32(24)30-14-17-11-19(28)13-23(33(35)36)25(17)37-15-16-6-4-5-7-21(16)29/h4-7,9-14H,2-3,8,15H2,1H3. The van der Waals surface area contributed by atoms with E-state index in [4.69, 9.17) is 4.74 Å². The van der Waals surface area contributed by atoms with E-state index in [1.807, 2.05) is 13.0 Å². The normalized spacial score (nSPS) is 11.4. The molecule has 0 aliphatic rings. The average Bonchev–Trinajstić information content (AvgIpc) is 2.87. The maximum Gasteiger partial charge on any atom is 0.312 e. The van der Waals surface area contributed by atoms with Crippen LogP contribution in [0.25, 0.3) is 10.9 Å². The molecule has 37 heavy (non-hydrogen) atoms. The number of fused-ring (bicyclic) bond motifs is 1. The summed E-state index contributed by atoms with van der Waals surface area (Å²) >= 11 is 6.67. The first kappa shape index (κ1) is 26.6. The average molecular weight is 632 g/mol. The van der Waals surface area contributed by atoms with Crippen molar-refractivity contribution < 1.29 is 14.1 Å². The molecule has 0 bridgehead atoms. The Morgan fingerprint density at radius 1 is 1.16 bits per heavy atom. The molecule has 0 saturated heterocycles. The molecule has 8 nitrogen and oxygen atoms in total. The van der Waals surface area contributed by atoms with Crippen LogP contribution in [0.15, 0.2) is 73.4 Å². The van der Waals surface area contributed by atoms with Crippen LogP contribution in [0.3, 0.4) is 0 Å². The van der Waals surface area contributed by atoms with Crippen molar-refractivity contribution in [2.24, 2.45) is 5.10 Å². The van der Waals surface area contributed by atoms with Gasteiger partial charge in [-0.15, -0.1) is 0 Å². The van der Waals surface area contributed by atoms with Crippen molar-refractivity contribution in [1.29, 1.82) is 0 Å². The maximum atomic E-state index is 14.1. The highest BCUT2D eigenvalue weighted by Gasteiger charge is 2.21. The molecule has 4 aromatic rings. The fourth-order valence-electron chi connectivity index (χ4n) is 3.68. The van der Waals surface area contributed by atoms with Gasteiger partial charge in [0.25, 0.3) is 5.56 Å². The van der Waals surface area contributed by atoms with Gasteiger partial charge < -0.3 is 4.74 Å². The van der Waals surface area contributed by atoms with Gasteiger partial charge in [0.15, 0.2) is 0 Å². The summed E-state index contributed by atoms with van der Waals surface area (Å²) in [5.41, 5.74) is 0.334. The molecule has 0 radical (unpaired) electrons. The second-order valence-corrected chi connectivity index (χ2v) is 9.97. The van der Waals surface area contributed by atoms with Gasteiger partial charge in [-0.25, -0.2) is 9.37 Å². The third kappa shape index (κ3) is 6.11. The van der Waals surface area contributed by atoms with Crippen molar-refractivity contribution in [3.05, 3.63) is 107 Å². The van der Waals surface area contributed by atoms with Crippen LogP contribution in [0.4, 0.5) is 10.1 Å². The van der Waals surface area contributed by atoms with Gasteiger partial charge >= 0.3 is 5.69 Å². The molecule has 3 aromatic carbocycles. The van der Waals surface area contributed by atoms with Gasteiger partial charge in [-0.3, -0.25) is 14.9 Å². The molecule has 0 unspecified atom stereocenters. The van der Waals surface area contributed by atoms with Crippen molar-refractivity contribution in [2.75, 3.05) is 0 Å². The van der Waals surface area contributed by atoms with Crippen LogP contribution < -0.4 is 10.3 Å². The Hall–Kier alpha value is -3.44. The Kier molecular flexibility index (Phi) is 8.45. The van der Waals surface area contributed by atoms with E-state index in [2.05, 4.69) is 41.9 Å². The number of benzene rings is 3. The molecule has 0 fully saturated rings. The molecular weight excluding hydrogens is 611 g/mol. The van der Waals surface area contributed by atoms with Gasteiger partial charge in [-0.05, 0) is 36.8 Å². The van der Waals surface area contributed by atoms with Gasteiger partial charge in [0.05, 0.1) is 22.0 Å². The third-order valence-corrected chi connectivity index (χ3v) is 6.48. The zero-order chi connectivity index (χ0) is 26.5. The summed E-state index contributed by atoms with van der Waals surface area (Å²) < 4.78 is 22.2. The van der Waals surface area contributed by atoms with Gasteiger partial charge in [0, 0.05) is 32.6 Å². The predicted molar refractivity (Wildman–Crippen MR) is 147 cm³/mol. The van der Waals surface area contributed by atoms with Gasteiger partial charge in [-0.1, -0.05) is 63.4 Å². The Morgan fingerprint density at radius 2 is 1.95 bits per heavy atom. The lowest BCUT2D eigenvalue weighted by molar-refractivity contribution is -0.386. The van der Waals surface area contributed by atoms with Gasteiger partial charge in [0.2, 0.25) is 5.75 Å². The summed E-state index contributed by atoms with van der Waals surface area (Å²) in [7, 11) is 0. The second-order valence-electron chi connectivity index (χ2n) is 8.14. The van der Waals surface area contributed by atoms with E-state index in [0.29, 0.717) is 27.6 Å². The number of nitro benzene ring substituents is 1. The lowest BCUT2D eigenvalue weighted by atomic mass is 10.1. The van der Waals surface area contributed by atoms with Crippen LogP contribution in [0, 0.1) is 15.9 Å². The number of nitro groups is 1. The number of unbranched alkanes of at least 4 members (excludes halogenated alkanes) is 1. The zero-order valence-corrected chi connectivity index (χ0v) is 22.8. The van der Waals surface area contributed by atoms with Crippen LogP contribution in [0.1, 0.15) is 36.7 Å². The summed E-state index contributed by atoms with van der Waals surface area (Å²) in [6.07, 6.45) is 3.52. The van der Waals surface area contributed by atoms with Crippen molar-refractivity contribution in [3.8, 4) is 5.75 Å². The van der Waals surface area contributed by atoms with E-state index in [0.717, 1.165) is 17.3 Å². The molecule has 0 aliphatic carbocycles. The molecule has 11 heteroatoms. The SMILES string of the molecule is CCCCc1nc2ccc(Br)cc2c(=O)n1N=Cc1cc(Br)cc([N+](=O)[O-])c1OCc1ccccc1F. The first-order chi connectivity index (χ1) is 17.8. The maximum absolute atomic E-state index is 14.1. The number of rotatable bonds is 9. The molecule has 190 valence electrons. The van der Waals surface area contributed by atoms with Crippen LogP contribution in [0.2, 0.25) is 0 Å². The summed E-state index contributed by atoms with van der Waals surface area (Å²) in [5.74, 6) is -0.117. The minimum Gasteiger partial charge on any atom is -0.481 e. The third-order valence-electron chi connectivity index (χ3n) is 5.53. The van der Waals surface area contributed by atoms with E-state index < -0.39 is 10.7 Å². The topological polar surface area (TPSA) is 99.6 Å². The number of aryl methyl sites for hydroxylation is 1. The lowest BCUT2D eigenvalue weighted by Crippen LogP contribution is -2.22. The number of aromatic nitrogens is 2. The Balaban J connectivity index is 1.82. The largest absolute Gasteiger partial charge is 0.481 e. The summed E-state index contributed by atoms with van der Waals surface area (Å²) in [4.78, 5) is 29.2. The number of nitrogens with zero attached hydrogens (tertiary/aromatic N) is 4. The molecule has 0 N–H and O–H groups in total. The molecule has 0 amide bonds. The number of hydrogen-bond donors (Lipinski definition) is 0. The summed E-state index contributed by atoms with van der Waals surface area (Å²) in [5, 5.41) is 16.6. The van der Waals surface area contributed by atoms with Gasteiger partial charge in [-0.2, -0.15) is 9.78 Å². The van der Waals surface area contributed by atoms with E-state index >= 15 is 0 Å². The number of ether oxygens (including phenoxy) is 1. The summed E-state index contributed by atoms with van der Waals surface area (Å²) in [6, 6.07) is 14.1. The van der Waals surface area contributed by atoms with Crippen molar-refractivity contribution in [1.82, 2.24) is 9.66 Å². The van der Waals surface area contributed by atoms with Crippen LogP contribution in [-0.2, 0) is 13.0 Å². The van der Waals surface area contributed by atoms with Gasteiger partial charge in [0.1, 0.15) is 18.2 Å². The molecule has 0 aliphatic heterocycles. The number of halogens is 3. The van der Waals surface area contributed by atoms with Crippen LogP contribution in [0.5, 0.6) is 5.75 Å². The van der Waals surface area contributed by atoms with E-state index in [9.17, 15) is 19.3 Å². The zero-order valence-electron chi connectivity index (χ0n) is 19.7. The van der Waals surface area contributed by atoms with Crippen LogP contribution in [-0.4, -0.2) is 20.8 Å². The minimum atomic E-state index is -0.591. The van der Waals surface area contributed by atoms with Crippen molar-refractivity contribution >= 4 is 54.7 Å². The first-order valence-electron chi connectivity index (χ1n) is 11.4. The monoisotopic (exact) mass is 630 g/mol. The van der Waals surface area contributed by atoms with Crippen molar-refractivity contribution in [3.63, 3.8) is 0 Å². The molecule has 1 aromatic heterocycles. The van der Waals surface area contributed by atoms with Crippen molar-refractivity contribution in [2.45, 2.75) is 32.8 Å². The van der Waals surface area contributed by atoms with Crippen LogP contribution >= 0.6 is 31.9 Å². The highest BCUT2D eigenvalue weighted by atomic mass is 79.9. The fourth-order valence-corrected chi connectivity index (χ4v) is 4.51. The predicted octanol–water partition coefficient (Wildman–Crippen LogP) is 6.77. The quantitative estimate of drug-likeness (QED) is 0.115. The molecular formula is C26H21Br2FN4O4. The van der Waals surface area contributed by atoms with E-state index in [-0.39, 0.29) is 34.7 Å². The Labute approximate surface area is 228 Å². The van der Waals surface area contributed by atoms with E-state index in [1.165, 1.54) is 29.1 Å². The molecule has 0 saturated carbocycles. The molecule has 0 atom stereocenters. The Bertz CT molecular complexity index is 1570. The smallest absolute Gasteiger partial charge is 0.312 e. The molecule has 1 heterocycles. The number of hydrogen-bond acceptors (Lipinski definition) is 6. The molecule has 4 rings (SSSR count). The Morgan fingerprint density at radius 3 is 2.68 bits per heavy atom. The highest BCUT2D eigenvalue weighted by molar-refractivity contribution is 9.10. The summed E-state index contributed by atoms with van der Waals surface area (Å²) in [6.45, 7) is 1.80. The lowest BCUT2D eigenvalue weighted by Gasteiger charge is -2.12. The first-order valence-corrected chi connectivity index (χ1v) is 13.0.